The van der Waals surface area contributed by atoms with Crippen molar-refractivity contribution in [2.45, 2.75) is 13.1 Å². The number of thiophene rings is 1. The predicted octanol–water partition coefficient (Wildman–Crippen LogP) is 11.4. The number of anilines is 3. The molecular formula is C42H29NOSSi. The van der Waals surface area contributed by atoms with E-state index in [1.54, 1.807) is 0 Å². The molecule has 0 amide bonds. The third-order valence-electron chi connectivity index (χ3n) is 10.0. The minimum Gasteiger partial charge on any atom is -0.455 e. The molecule has 0 saturated heterocycles. The highest BCUT2D eigenvalue weighted by molar-refractivity contribution is 7.26. The quantitative estimate of drug-likeness (QED) is 0.182. The lowest BCUT2D eigenvalue weighted by atomic mass is 10.0. The van der Waals surface area contributed by atoms with Gasteiger partial charge in [0.25, 0.3) is 0 Å². The summed E-state index contributed by atoms with van der Waals surface area (Å²) in [5, 5.41) is 10.6. The largest absolute Gasteiger partial charge is 0.455 e. The number of nitrogens with zero attached hydrogens (tertiary/aromatic N) is 1. The van der Waals surface area contributed by atoms with Crippen LogP contribution in [0, 0.1) is 0 Å². The molecule has 0 N–H and O–H groups in total. The molecule has 7 aromatic carbocycles. The van der Waals surface area contributed by atoms with Crippen molar-refractivity contribution in [3.8, 4) is 11.1 Å². The van der Waals surface area contributed by atoms with Crippen LogP contribution in [0.25, 0.3) is 64.0 Å². The monoisotopic (exact) mass is 623 g/mol. The van der Waals surface area contributed by atoms with Gasteiger partial charge in [0.15, 0.2) is 0 Å². The number of furan rings is 1. The maximum Gasteiger partial charge on any atom is 0.143 e. The van der Waals surface area contributed by atoms with Crippen molar-refractivity contribution >= 4 is 99.7 Å². The second-order valence-corrected chi connectivity index (χ2v) is 18.3. The van der Waals surface area contributed by atoms with Crippen LogP contribution in [0.15, 0.2) is 144 Å². The molecule has 0 radical (unpaired) electrons. The molecule has 218 valence electrons. The average Bonchev–Trinajstić information content (AvgIpc) is 3.73. The maximum absolute atomic E-state index is 6.57. The Morgan fingerprint density at radius 1 is 0.543 bits per heavy atom. The number of hydrogen-bond acceptors (Lipinski definition) is 3. The molecule has 10 rings (SSSR count). The van der Waals surface area contributed by atoms with Gasteiger partial charge >= 0.3 is 0 Å². The molecule has 2 nitrogen and oxygen atoms in total. The van der Waals surface area contributed by atoms with E-state index >= 15 is 0 Å². The van der Waals surface area contributed by atoms with Gasteiger partial charge in [0.05, 0.1) is 0 Å². The topological polar surface area (TPSA) is 16.4 Å². The zero-order chi connectivity index (χ0) is 30.6. The van der Waals surface area contributed by atoms with Crippen LogP contribution in [0.3, 0.4) is 0 Å². The van der Waals surface area contributed by atoms with Crippen LogP contribution in [-0.4, -0.2) is 8.07 Å². The second kappa shape index (κ2) is 9.43. The third-order valence-corrected chi connectivity index (χ3v) is 14.8. The van der Waals surface area contributed by atoms with E-state index < -0.39 is 8.07 Å². The van der Waals surface area contributed by atoms with Crippen LogP contribution in [0.5, 0.6) is 0 Å². The molecule has 0 saturated carbocycles. The summed E-state index contributed by atoms with van der Waals surface area (Å²) in [4.78, 5) is 2.42. The zero-order valence-corrected chi connectivity index (χ0v) is 27.4. The lowest BCUT2D eigenvalue weighted by molar-refractivity contribution is 0.670. The minimum absolute atomic E-state index is 0.954. The Labute approximate surface area is 271 Å². The van der Waals surface area contributed by atoms with Gasteiger partial charge in [-0.1, -0.05) is 110 Å². The van der Waals surface area contributed by atoms with E-state index in [0.29, 0.717) is 0 Å². The van der Waals surface area contributed by atoms with Crippen molar-refractivity contribution in [1.82, 2.24) is 0 Å². The third kappa shape index (κ3) is 3.57. The lowest BCUT2D eigenvalue weighted by Crippen LogP contribution is -2.49. The Balaban J connectivity index is 1.17. The number of hydrogen-bond donors (Lipinski definition) is 0. The van der Waals surface area contributed by atoms with E-state index in [0.717, 1.165) is 16.9 Å². The molecule has 0 bridgehead atoms. The highest BCUT2D eigenvalue weighted by atomic mass is 32.1. The Hall–Kier alpha value is -5.16. The molecule has 46 heavy (non-hydrogen) atoms. The Bertz CT molecular complexity index is 2680. The normalized spacial score (nSPS) is 13.6. The van der Waals surface area contributed by atoms with Crippen LogP contribution in [0.4, 0.5) is 17.1 Å². The molecule has 0 fully saturated rings. The van der Waals surface area contributed by atoms with Crippen molar-refractivity contribution in [2.75, 3.05) is 4.90 Å². The Morgan fingerprint density at radius 2 is 1.26 bits per heavy atom. The van der Waals surface area contributed by atoms with Gasteiger partial charge < -0.3 is 9.32 Å². The van der Waals surface area contributed by atoms with E-state index in [1.807, 2.05) is 11.3 Å². The molecule has 0 spiro atoms. The van der Waals surface area contributed by atoms with Gasteiger partial charge in [0, 0.05) is 53.6 Å². The standard InChI is InChI=1S/C42H29NOSSi/c1-46(2)38-23-22-33-31-14-8-9-15-36(31)44-41(33)40(38)35-21-18-29(25-39(35)46)43(27-11-4-3-5-12-27)28-17-20-32-34-19-16-26-10-6-7-13-30(26)42(34)45-37(32)24-28/h3-25H,1-2H3. The summed E-state index contributed by atoms with van der Waals surface area (Å²) in [6.45, 7) is 4.97. The molecule has 1 aliphatic heterocycles. The molecule has 2 aromatic heterocycles. The predicted molar refractivity (Wildman–Crippen MR) is 201 cm³/mol. The molecule has 1 aliphatic rings. The lowest BCUT2D eigenvalue weighted by Gasteiger charge is -2.27. The molecule has 9 aromatic rings. The molecule has 0 unspecified atom stereocenters. The molecular weight excluding hydrogens is 595 g/mol. The summed E-state index contributed by atoms with van der Waals surface area (Å²) < 4.78 is 9.23. The maximum atomic E-state index is 6.57. The van der Waals surface area contributed by atoms with Gasteiger partial charge in [0.2, 0.25) is 0 Å². The van der Waals surface area contributed by atoms with Crippen LogP contribution < -0.4 is 15.3 Å². The van der Waals surface area contributed by atoms with Crippen molar-refractivity contribution in [1.29, 1.82) is 0 Å². The van der Waals surface area contributed by atoms with Crippen molar-refractivity contribution < 1.29 is 4.42 Å². The Kier molecular flexibility index (Phi) is 5.35. The van der Waals surface area contributed by atoms with Gasteiger partial charge in [0.1, 0.15) is 19.2 Å². The van der Waals surface area contributed by atoms with Gasteiger partial charge in [-0.2, -0.15) is 0 Å². The SMILES string of the molecule is C[Si]1(C)c2cc(N(c3ccccc3)c3ccc4c(c3)sc3c5ccccc5ccc43)ccc2-c2c1ccc1c2oc2ccccc21. The highest BCUT2D eigenvalue weighted by Gasteiger charge is 2.40. The molecule has 0 atom stereocenters. The van der Waals surface area contributed by atoms with E-state index in [1.165, 1.54) is 74.6 Å². The van der Waals surface area contributed by atoms with Crippen LogP contribution >= 0.6 is 11.3 Å². The van der Waals surface area contributed by atoms with Crippen molar-refractivity contribution in [3.63, 3.8) is 0 Å². The first kappa shape index (κ1) is 26.1. The van der Waals surface area contributed by atoms with Crippen LogP contribution in [0.2, 0.25) is 13.1 Å². The molecule has 4 heteroatoms. The minimum atomic E-state index is -2.00. The van der Waals surface area contributed by atoms with Crippen molar-refractivity contribution in [2.24, 2.45) is 0 Å². The number of benzene rings is 7. The molecule has 3 heterocycles. The summed E-state index contributed by atoms with van der Waals surface area (Å²) >= 11 is 1.90. The van der Waals surface area contributed by atoms with E-state index in [9.17, 15) is 0 Å². The average molecular weight is 624 g/mol. The van der Waals surface area contributed by atoms with Gasteiger partial charge in [-0.3, -0.25) is 0 Å². The fraction of sp³-hybridized carbons (Fsp3) is 0.0476. The number of fused-ring (bicyclic) bond motifs is 12. The first-order valence-electron chi connectivity index (χ1n) is 15.9. The van der Waals surface area contributed by atoms with E-state index in [2.05, 4.69) is 158 Å². The van der Waals surface area contributed by atoms with Gasteiger partial charge in [-0.05, 0) is 69.2 Å². The number of para-hydroxylation sites is 2. The fourth-order valence-electron chi connectivity index (χ4n) is 7.78. The number of rotatable bonds is 3. The van der Waals surface area contributed by atoms with E-state index in [-0.39, 0.29) is 0 Å². The first-order valence-corrected chi connectivity index (χ1v) is 19.7. The summed E-state index contributed by atoms with van der Waals surface area (Å²) in [7, 11) is -2.00. The Morgan fingerprint density at radius 3 is 2.15 bits per heavy atom. The molecule has 0 aliphatic carbocycles. The first-order chi connectivity index (χ1) is 22.6. The fourth-order valence-corrected chi connectivity index (χ4v) is 12.1. The summed E-state index contributed by atoms with van der Waals surface area (Å²) in [5.41, 5.74) is 8.10. The second-order valence-electron chi connectivity index (χ2n) is 12.9. The van der Waals surface area contributed by atoms with Crippen LogP contribution in [-0.2, 0) is 0 Å². The summed E-state index contributed by atoms with van der Waals surface area (Å²) in [6, 6.07) is 51.2. The van der Waals surface area contributed by atoms with Crippen LogP contribution in [0.1, 0.15) is 0 Å². The van der Waals surface area contributed by atoms with Gasteiger partial charge in [-0.15, -0.1) is 11.3 Å². The van der Waals surface area contributed by atoms with Gasteiger partial charge in [-0.25, -0.2) is 0 Å². The summed E-state index contributed by atoms with van der Waals surface area (Å²) in [6.07, 6.45) is 0. The zero-order valence-electron chi connectivity index (χ0n) is 25.5. The smallest absolute Gasteiger partial charge is 0.143 e. The summed E-state index contributed by atoms with van der Waals surface area (Å²) in [5.74, 6) is 0. The van der Waals surface area contributed by atoms with Crippen molar-refractivity contribution in [3.05, 3.63) is 140 Å². The van der Waals surface area contributed by atoms with E-state index in [4.69, 9.17) is 4.42 Å². The highest BCUT2D eigenvalue weighted by Crippen LogP contribution is 2.44.